The van der Waals surface area contributed by atoms with Crippen LogP contribution in [0, 0.1) is 0 Å². The molecule has 0 fully saturated rings. The minimum atomic E-state index is -4.79. The molecule has 0 aromatic heterocycles. The van der Waals surface area contributed by atoms with Gasteiger partial charge in [0.15, 0.2) is 6.10 Å². The Morgan fingerprint density at radius 2 is 0.675 bits per heavy atom. The summed E-state index contributed by atoms with van der Waals surface area (Å²) in [5, 5.41) is 9.85. The summed E-state index contributed by atoms with van der Waals surface area (Å²) >= 11 is 0. The Labute approximate surface area is 486 Å². The molecule has 0 aliphatic rings. The van der Waals surface area contributed by atoms with Gasteiger partial charge in [-0.25, -0.2) is 4.57 Å². The van der Waals surface area contributed by atoms with Crippen molar-refractivity contribution < 1.29 is 52.2 Å². The fraction of sp³-hybridized carbons (Fsp3) is 0.603. The van der Waals surface area contributed by atoms with Crippen LogP contribution >= 0.6 is 7.82 Å². The van der Waals surface area contributed by atoms with Crippen molar-refractivity contribution in [3.63, 3.8) is 0 Å². The Bertz CT molecular complexity index is 1900. The molecule has 0 rings (SSSR count). The molecule has 11 nitrogen and oxygen atoms in total. The number of carbonyl (C=O) groups excluding carboxylic acids is 3. The zero-order valence-corrected chi connectivity index (χ0v) is 50.9. The topological polar surface area (TPSA) is 155 Å². The molecule has 0 radical (unpaired) electrons. The first-order chi connectivity index (χ1) is 39.2. The van der Waals surface area contributed by atoms with Crippen LogP contribution in [-0.2, 0) is 42.2 Å². The minimum absolute atomic E-state index is 0.0304. The molecule has 0 heterocycles. The quantitative estimate of drug-likeness (QED) is 0.0197. The van der Waals surface area contributed by atoms with E-state index >= 15 is 0 Å². The summed E-state index contributed by atoms with van der Waals surface area (Å²) in [4.78, 5) is 48.7. The predicted molar refractivity (Wildman–Crippen MR) is 334 cm³/mol. The van der Waals surface area contributed by atoms with Crippen LogP contribution in [0.3, 0.4) is 0 Å². The van der Waals surface area contributed by atoms with Crippen LogP contribution in [-0.4, -0.2) is 66.5 Å². The highest BCUT2D eigenvalue weighted by Gasteiger charge is 2.28. The number of aliphatic hydroxyl groups is 1. The number of allylic oxidation sites excluding steroid dienone is 24. The van der Waals surface area contributed by atoms with Gasteiger partial charge in [0, 0.05) is 19.3 Å². The molecule has 0 aliphatic heterocycles. The zero-order valence-electron chi connectivity index (χ0n) is 50.0. The Kier molecular flexibility index (Phi) is 56.9. The summed E-state index contributed by atoms with van der Waals surface area (Å²) in [6, 6.07) is 0. The van der Waals surface area contributed by atoms with E-state index in [1.54, 1.807) is 0 Å². The van der Waals surface area contributed by atoms with Crippen LogP contribution in [0.1, 0.15) is 226 Å². The Balaban J connectivity index is 4.85. The van der Waals surface area contributed by atoms with Crippen LogP contribution in [0.2, 0.25) is 0 Å². The molecule has 0 bridgehead atoms. The number of phosphoric ester groups is 1. The summed E-state index contributed by atoms with van der Waals surface area (Å²) in [5.41, 5.74) is 0. The van der Waals surface area contributed by atoms with Crippen LogP contribution in [0.4, 0.5) is 0 Å². The van der Waals surface area contributed by atoms with Crippen molar-refractivity contribution in [3.8, 4) is 0 Å². The number of esters is 3. The summed E-state index contributed by atoms with van der Waals surface area (Å²) in [5.74, 6) is -1.61. The fourth-order valence-electron chi connectivity index (χ4n) is 7.64. The van der Waals surface area contributed by atoms with E-state index in [1.807, 2.05) is 12.2 Å². The van der Waals surface area contributed by atoms with Gasteiger partial charge in [0.25, 0.3) is 0 Å². The highest BCUT2D eigenvalue weighted by molar-refractivity contribution is 7.47. The van der Waals surface area contributed by atoms with Crippen molar-refractivity contribution in [2.75, 3.05) is 26.4 Å². The second-order valence-corrected chi connectivity index (χ2v) is 21.2. The van der Waals surface area contributed by atoms with E-state index in [0.29, 0.717) is 25.7 Å². The molecule has 3 unspecified atom stereocenters. The monoisotopic (exact) mass is 1130 g/mol. The van der Waals surface area contributed by atoms with Crippen molar-refractivity contribution in [1.82, 2.24) is 0 Å². The second kappa shape index (κ2) is 60.5. The average Bonchev–Trinajstić information content (AvgIpc) is 3.45. The molecule has 0 saturated carbocycles. The Hall–Kier alpha value is -4.64. The van der Waals surface area contributed by atoms with Gasteiger partial charge in [-0.05, 0) is 128 Å². The summed E-state index contributed by atoms with van der Waals surface area (Å²) in [7, 11) is -4.79. The van der Waals surface area contributed by atoms with Crippen molar-refractivity contribution in [3.05, 3.63) is 146 Å². The number of rotatable bonds is 55. The molecule has 2 N–H and O–H groups in total. The molecule has 0 amide bonds. The fourth-order valence-corrected chi connectivity index (χ4v) is 8.42. The van der Waals surface area contributed by atoms with Gasteiger partial charge >= 0.3 is 25.7 Å². The first-order valence-electron chi connectivity index (χ1n) is 30.7. The number of phosphoric acid groups is 1. The first kappa shape index (κ1) is 75.4. The van der Waals surface area contributed by atoms with E-state index in [0.717, 1.165) is 141 Å². The first-order valence-corrected chi connectivity index (χ1v) is 32.2. The van der Waals surface area contributed by atoms with E-state index in [2.05, 4.69) is 154 Å². The normalized spacial score (nSPS) is 14.3. The largest absolute Gasteiger partial charge is 0.472 e. The Morgan fingerprint density at radius 1 is 0.362 bits per heavy atom. The average molecular weight is 1130 g/mol. The third-order valence-corrected chi connectivity index (χ3v) is 13.2. The maximum Gasteiger partial charge on any atom is 0.472 e. The number of hydrogen-bond donors (Lipinski definition) is 2. The van der Waals surface area contributed by atoms with Gasteiger partial charge in [-0.2, -0.15) is 0 Å². The molecule has 0 aliphatic carbocycles. The molecule has 12 heteroatoms. The van der Waals surface area contributed by atoms with Gasteiger partial charge in [-0.1, -0.05) is 224 Å². The molecule has 0 saturated heterocycles. The number of hydrogen-bond acceptors (Lipinski definition) is 10. The van der Waals surface area contributed by atoms with Gasteiger partial charge in [0.2, 0.25) is 0 Å². The van der Waals surface area contributed by atoms with E-state index in [-0.39, 0.29) is 25.9 Å². The van der Waals surface area contributed by atoms with Crippen LogP contribution < -0.4 is 0 Å². The van der Waals surface area contributed by atoms with Gasteiger partial charge in [-0.15, -0.1) is 0 Å². The molecule has 0 aromatic rings. The third kappa shape index (κ3) is 58.0. The molecular weight excluding hydrogens is 1020 g/mol. The Morgan fingerprint density at radius 3 is 1.07 bits per heavy atom. The highest BCUT2D eigenvalue weighted by atomic mass is 31.2. The lowest BCUT2D eigenvalue weighted by atomic mass is 10.1. The van der Waals surface area contributed by atoms with E-state index < -0.39 is 57.8 Å². The molecule has 0 spiro atoms. The van der Waals surface area contributed by atoms with Crippen LogP contribution in [0.5, 0.6) is 0 Å². The minimum Gasteiger partial charge on any atom is -0.462 e. The van der Waals surface area contributed by atoms with Crippen molar-refractivity contribution in [2.24, 2.45) is 0 Å². The standard InChI is InChI=1S/C68H109O11P/c1-4-7-10-13-16-19-22-25-28-30-32-34-37-40-43-46-49-52-55-58-67(71)78-64(60-69)62-76-80(73,74)77-63-65(61-75-66(70)57-54-51-48-45-42-39-36-27-24-21-18-15-12-9-6-3)79-68(72)59-56-53-50-47-44-41-38-35-33-31-29-26-23-20-17-14-11-8-5-2/h7-8,10-11,16-21,25-29,32-36,41,44,50,53,64-65,69H,4-6,9,12-15,22-24,30-31,37-40,42-43,45-49,51-52,54-63H2,1-3H3,(H,73,74)/b10-7-,11-8-,19-16-,20-17-,21-18-,28-25-,29-26-,34-32-,35-33-,36-27-,44-41-,53-50-. The SMILES string of the molecule is CC/C=C\C/C=C\C/C=C\C/C=C\C/C=C\C/C=C\CCC(=O)OC(COC(=O)CCCCCCC/C=C\C/C=C\CCCCC)COP(=O)(O)OCC(CO)OC(=O)CCCCCCCC/C=C\C/C=C\C/C=C\C/C=C\CC. The lowest BCUT2D eigenvalue weighted by Gasteiger charge is -2.21. The maximum atomic E-state index is 12.9. The van der Waals surface area contributed by atoms with Gasteiger partial charge < -0.3 is 24.2 Å². The van der Waals surface area contributed by atoms with Gasteiger partial charge in [0.1, 0.15) is 12.7 Å². The zero-order chi connectivity index (χ0) is 58.3. The van der Waals surface area contributed by atoms with E-state index in [1.165, 1.54) is 19.3 Å². The van der Waals surface area contributed by atoms with E-state index in [4.69, 9.17) is 23.3 Å². The molecule has 0 aromatic carbocycles. The number of aliphatic hydroxyl groups excluding tert-OH is 1. The predicted octanol–water partition coefficient (Wildman–Crippen LogP) is 18.7. The molecule has 80 heavy (non-hydrogen) atoms. The lowest BCUT2D eigenvalue weighted by molar-refractivity contribution is -0.161. The lowest BCUT2D eigenvalue weighted by Crippen LogP contribution is -2.30. The molecular formula is C68H109O11P. The number of unbranched alkanes of at least 4 members (excludes halogenated alkanes) is 14. The van der Waals surface area contributed by atoms with Crippen molar-refractivity contribution in [1.29, 1.82) is 0 Å². The van der Waals surface area contributed by atoms with E-state index in [9.17, 15) is 28.9 Å². The molecule has 3 atom stereocenters. The smallest absolute Gasteiger partial charge is 0.462 e. The van der Waals surface area contributed by atoms with Gasteiger partial charge in [-0.3, -0.25) is 23.4 Å². The van der Waals surface area contributed by atoms with Gasteiger partial charge in [0.05, 0.1) is 19.8 Å². The van der Waals surface area contributed by atoms with Crippen LogP contribution in [0.15, 0.2) is 146 Å². The van der Waals surface area contributed by atoms with Crippen molar-refractivity contribution >= 4 is 25.7 Å². The number of carbonyl (C=O) groups is 3. The number of ether oxygens (including phenoxy) is 3. The van der Waals surface area contributed by atoms with Crippen molar-refractivity contribution in [2.45, 2.75) is 238 Å². The second-order valence-electron chi connectivity index (χ2n) is 19.7. The summed E-state index contributed by atoms with van der Waals surface area (Å²) in [6.45, 7) is 4.27. The highest BCUT2D eigenvalue weighted by Crippen LogP contribution is 2.43. The van der Waals surface area contributed by atoms with Crippen LogP contribution in [0.25, 0.3) is 0 Å². The summed E-state index contributed by atoms with van der Waals surface area (Å²) in [6.07, 6.45) is 78.1. The molecule has 452 valence electrons. The third-order valence-electron chi connectivity index (χ3n) is 12.2. The summed E-state index contributed by atoms with van der Waals surface area (Å²) < 4.78 is 39.5. The maximum absolute atomic E-state index is 12.9.